The number of hydrogen-bond acceptors (Lipinski definition) is 1. The molecule has 0 bridgehead atoms. The van der Waals surface area contributed by atoms with Crippen molar-refractivity contribution in [2.24, 2.45) is 0 Å². The van der Waals surface area contributed by atoms with E-state index in [1.807, 2.05) is 0 Å². The Labute approximate surface area is 83.9 Å². The van der Waals surface area contributed by atoms with E-state index in [0.717, 1.165) is 12.8 Å². The first-order valence-electron chi connectivity index (χ1n) is 4.60. The van der Waals surface area contributed by atoms with Gasteiger partial charge in [0.15, 0.2) is 0 Å². The summed E-state index contributed by atoms with van der Waals surface area (Å²) < 4.78 is 17.9. The van der Waals surface area contributed by atoms with E-state index in [1.165, 1.54) is 12.1 Å². The number of unbranched alkanes of at least 4 members (excludes halogenated alkanes) is 1. The summed E-state index contributed by atoms with van der Waals surface area (Å²) in [6, 6.07) is 4.34. The summed E-state index contributed by atoms with van der Waals surface area (Å²) in [5, 5.41) is 0. The van der Waals surface area contributed by atoms with Crippen LogP contribution in [0.2, 0.25) is 0 Å². The van der Waals surface area contributed by atoms with Gasteiger partial charge in [-0.25, -0.2) is 4.39 Å². The zero-order valence-electron chi connectivity index (χ0n) is 8.43. The SMILES string of the molecule is CCCC#Cc1cc(F)ccc1OC. The van der Waals surface area contributed by atoms with Crippen LogP contribution in [0.5, 0.6) is 5.75 Å². The minimum absolute atomic E-state index is 0.286. The highest BCUT2D eigenvalue weighted by atomic mass is 19.1. The molecule has 0 aliphatic heterocycles. The van der Waals surface area contributed by atoms with Crippen molar-refractivity contribution in [3.8, 4) is 17.6 Å². The summed E-state index contributed by atoms with van der Waals surface area (Å²) in [5.41, 5.74) is 0.612. The molecule has 1 aromatic rings. The van der Waals surface area contributed by atoms with E-state index in [-0.39, 0.29) is 5.82 Å². The number of rotatable bonds is 2. The van der Waals surface area contributed by atoms with E-state index < -0.39 is 0 Å². The van der Waals surface area contributed by atoms with E-state index in [0.29, 0.717) is 11.3 Å². The van der Waals surface area contributed by atoms with Crippen molar-refractivity contribution in [2.45, 2.75) is 19.8 Å². The van der Waals surface area contributed by atoms with Crippen LogP contribution in [0.1, 0.15) is 25.3 Å². The van der Waals surface area contributed by atoms with Crippen LogP contribution in [0.25, 0.3) is 0 Å². The molecule has 0 saturated carbocycles. The highest BCUT2D eigenvalue weighted by Gasteiger charge is 2.00. The van der Waals surface area contributed by atoms with E-state index in [4.69, 9.17) is 4.74 Å². The molecule has 74 valence electrons. The average molecular weight is 192 g/mol. The Balaban J connectivity index is 2.94. The van der Waals surface area contributed by atoms with E-state index in [9.17, 15) is 4.39 Å². The monoisotopic (exact) mass is 192 g/mol. The molecule has 0 saturated heterocycles. The molecule has 0 spiro atoms. The Morgan fingerprint density at radius 3 is 2.86 bits per heavy atom. The number of benzene rings is 1. The van der Waals surface area contributed by atoms with Crippen LogP contribution in [-0.2, 0) is 0 Å². The van der Waals surface area contributed by atoms with Crippen molar-refractivity contribution in [2.75, 3.05) is 7.11 Å². The van der Waals surface area contributed by atoms with Gasteiger partial charge in [-0.15, -0.1) is 0 Å². The van der Waals surface area contributed by atoms with Gasteiger partial charge in [0.2, 0.25) is 0 Å². The lowest BCUT2D eigenvalue weighted by Crippen LogP contribution is -1.88. The van der Waals surface area contributed by atoms with Gasteiger partial charge in [-0.05, 0) is 24.6 Å². The molecule has 0 fully saturated rings. The Hall–Kier alpha value is -1.49. The molecule has 1 aromatic carbocycles. The van der Waals surface area contributed by atoms with Crippen LogP contribution >= 0.6 is 0 Å². The molecular weight excluding hydrogens is 179 g/mol. The van der Waals surface area contributed by atoms with E-state index in [1.54, 1.807) is 13.2 Å². The minimum atomic E-state index is -0.286. The maximum absolute atomic E-state index is 12.9. The fraction of sp³-hybridized carbons (Fsp3) is 0.333. The van der Waals surface area contributed by atoms with Crippen LogP contribution < -0.4 is 4.74 Å². The topological polar surface area (TPSA) is 9.23 Å². The molecule has 1 nitrogen and oxygen atoms in total. The van der Waals surface area contributed by atoms with Gasteiger partial charge in [-0.2, -0.15) is 0 Å². The maximum Gasteiger partial charge on any atom is 0.134 e. The van der Waals surface area contributed by atoms with Crippen molar-refractivity contribution >= 4 is 0 Å². The lowest BCUT2D eigenvalue weighted by Gasteiger charge is -2.01. The van der Waals surface area contributed by atoms with E-state index >= 15 is 0 Å². The molecule has 0 amide bonds. The standard InChI is InChI=1S/C12H13FO/c1-3-4-5-6-10-9-11(13)7-8-12(10)14-2/h7-9H,3-4H2,1-2H3. The third-order valence-corrected chi connectivity index (χ3v) is 1.76. The third kappa shape index (κ3) is 2.77. The summed E-state index contributed by atoms with van der Waals surface area (Å²) in [5.74, 6) is 6.18. The van der Waals surface area contributed by atoms with Gasteiger partial charge in [0, 0.05) is 6.42 Å². The van der Waals surface area contributed by atoms with Crippen molar-refractivity contribution < 1.29 is 9.13 Å². The zero-order valence-corrected chi connectivity index (χ0v) is 8.43. The summed E-state index contributed by atoms with van der Waals surface area (Å²) in [4.78, 5) is 0. The summed E-state index contributed by atoms with van der Waals surface area (Å²) >= 11 is 0. The zero-order chi connectivity index (χ0) is 10.4. The quantitative estimate of drug-likeness (QED) is 0.654. The Morgan fingerprint density at radius 1 is 1.43 bits per heavy atom. The van der Waals surface area contributed by atoms with Crippen LogP contribution in [0, 0.1) is 17.7 Å². The fourth-order valence-corrected chi connectivity index (χ4v) is 1.06. The number of halogens is 1. The first-order valence-corrected chi connectivity index (χ1v) is 4.60. The van der Waals surface area contributed by atoms with Gasteiger partial charge in [-0.1, -0.05) is 18.8 Å². The molecule has 0 aromatic heterocycles. The molecule has 0 N–H and O–H groups in total. The first kappa shape index (κ1) is 10.6. The van der Waals surface area contributed by atoms with Crippen LogP contribution in [-0.4, -0.2) is 7.11 Å². The summed E-state index contributed by atoms with van der Waals surface area (Å²) in [7, 11) is 1.55. The van der Waals surface area contributed by atoms with Crippen molar-refractivity contribution in [1.29, 1.82) is 0 Å². The molecule has 1 rings (SSSR count). The van der Waals surface area contributed by atoms with Gasteiger partial charge < -0.3 is 4.74 Å². The molecule has 0 aliphatic carbocycles. The van der Waals surface area contributed by atoms with Gasteiger partial charge in [-0.3, -0.25) is 0 Å². The Bertz CT molecular complexity index is 360. The Morgan fingerprint density at radius 2 is 2.21 bits per heavy atom. The maximum atomic E-state index is 12.9. The second-order valence-electron chi connectivity index (χ2n) is 2.90. The van der Waals surface area contributed by atoms with Gasteiger partial charge in [0.1, 0.15) is 11.6 Å². The van der Waals surface area contributed by atoms with Crippen molar-refractivity contribution in [3.05, 3.63) is 29.6 Å². The molecule has 0 aliphatic rings. The molecule has 0 atom stereocenters. The number of hydrogen-bond donors (Lipinski definition) is 0. The van der Waals surface area contributed by atoms with Crippen molar-refractivity contribution in [1.82, 2.24) is 0 Å². The van der Waals surface area contributed by atoms with E-state index in [2.05, 4.69) is 18.8 Å². The number of methoxy groups -OCH3 is 1. The second-order valence-corrected chi connectivity index (χ2v) is 2.90. The Kier molecular flexibility index (Phi) is 4.00. The van der Waals surface area contributed by atoms with Gasteiger partial charge >= 0.3 is 0 Å². The lowest BCUT2D eigenvalue weighted by molar-refractivity contribution is 0.412. The molecule has 0 unspecified atom stereocenters. The first-order chi connectivity index (χ1) is 6.77. The van der Waals surface area contributed by atoms with Gasteiger partial charge in [0.25, 0.3) is 0 Å². The molecule has 2 heteroatoms. The van der Waals surface area contributed by atoms with Crippen molar-refractivity contribution in [3.63, 3.8) is 0 Å². The summed E-state index contributed by atoms with van der Waals surface area (Å²) in [6.45, 7) is 2.05. The van der Waals surface area contributed by atoms with Gasteiger partial charge in [0.05, 0.1) is 12.7 Å². The fourth-order valence-electron chi connectivity index (χ4n) is 1.06. The van der Waals surface area contributed by atoms with Crippen LogP contribution in [0.3, 0.4) is 0 Å². The minimum Gasteiger partial charge on any atom is -0.495 e. The van der Waals surface area contributed by atoms with Crippen LogP contribution in [0.4, 0.5) is 4.39 Å². The molecule has 0 heterocycles. The molecule has 14 heavy (non-hydrogen) atoms. The predicted octanol–water partition coefficient (Wildman–Crippen LogP) is 2.99. The largest absolute Gasteiger partial charge is 0.495 e. The molecule has 0 radical (unpaired) electrons. The summed E-state index contributed by atoms with van der Waals surface area (Å²) in [6.07, 6.45) is 1.82. The normalized spacial score (nSPS) is 9.07. The predicted molar refractivity (Wildman–Crippen MR) is 54.7 cm³/mol. The average Bonchev–Trinajstić information content (AvgIpc) is 2.19. The number of ether oxygens (including phenoxy) is 1. The highest BCUT2D eigenvalue weighted by Crippen LogP contribution is 2.17. The van der Waals surface area contributed by atoms with Crippen LogP contribution in [0.15, 0.2) is 18.2 Å². The molecular formula is C12H13FO. The third-order valence-electron chi connectivity index (χ3n) is 1.76. The second kappa shape index (κ2) is 5.29. The lowest BCUT2D eigenvalue weighted by atomic mass is 10.2. The smallest absolute Gasteiger partial charge is 0.134 e. The highest BCUT2D eigenvalue weighted by molar-refractivity contribution is 5.46.